The van der Waals surface area contributed by atoms with Crippen molar-refractivity contribution in [3.05, 3.63) is 29.8 Å². The van der Waals surface area contributed by atoms with Gasteiger partial charge in [-0.2, -0.15) is 0 Å². The normalized spacial score (nSPS) is 20.5. The number of anilines is 1. The number of amides is 1. The zero-order valence-corrected chi connectivity index (χ0v) is 14.5. The van der Waals surface area contributed by atoms with E-state index in [2.05, 4.69) is 16.7 Å². The molecule has 0 atom stereocenters. The van der Waals surface area contributed by atoms with Crippen molar-refractivity contribution in [2.45, 2.75) is 64.8 Å². The summed E-state index contributed by atoms with van der Waals surface area (Å²) >= 11 is 0. The second kappa shape index (κ2) is 7.68. The molecule has 0 radical (unpaired) electrons. The fraction of sp³-hybridized carbons (Fsp3) is 0.611. The van der Waals surface area contributed by atoms with Gasteiger partial charge in [0.25, 0.3) is 0 Å². The second-order valence-electron chi connectivity index (χ2n) is 6.95. The highest BCUT2D eigenvalue weighted by atomic mass is 16.6. The van der Waals surface area contributed by atoms with Gasteiger partial charge in [-0.1, -0.05) is 12.1 Å². The summed E-state index contributed by atoms with van der Waals surface area (Å²) in [5, 5.41) is 6.29. The molecule has 1 aliphatic carbocycles. The molecule has 5 nitrogen and oxygen atoms in total. The lowest BCUT2D eigenvalue weighted by Gasteiger charge is -2.36. The quantitative estimate of drug-likeness (QED) is 0.839. The molecule has 1 saturated carbocycles. The Balaban J connectivity index is 1.78. The Morgan fingerprint density at radius 2 is 2.04 bits per heavy atom. The van der Waals surface area contributed by atoms with Gasteiger partial charge >= 0.3 is 6.09 Å². The first kappa shape index (κ1) is 17.6. The number of rotatable bonds is 6. The lowest BCUT2D eigenvalue weighted by Crippen LogP contribution is -2.40. The minimum atomic E-state index is -0.477. The van der Waals surface area contributed by atoms with Gasteiger partial charge in [-0.15, -0.1) is 0 Å². The van der Waals surface area contributed by atoms with E-state index in [1.807, 2.05) is 45.9 Å². The summed E-state index contributed by atoms with van der Waals surface area (Å²) in [5.41, 5.74) is 1.64. The molecule has 0 aliphatic heterocycles. The monoisotopic (exact) mass is 320 g/mol. The molecule has 1 aliphatic rings. The number of carbonyl (C=O) groups excluding carboxylic acids is 1. The average Bonchev–Trinajstić information content (AvgIpc) is 2.42. The van der Waals surface area contributed by atoms with Gasteiger partial charge in [-0.25, -0.2) is 4.79 Å². The highest BCUT2D eigenvalue weighted by molar-refractivity contribution is 5.67. The third kappa shape index (κ3) is 6.10. The maximum atomic E-state index is 11.7. The lowest BCUT2D eigenvalue weighted by molar-refractivity contribution is 0.00299. The summed E-state index contributed by atoms with van der Waals surface area (Å²) in [4.78, 5) is 11.7. The van der Waals surface area contributed by atoms with Crippen LogP contribution in [0.1, 0.15) is 46.1 Å². The molecule has 2 rings (SSSR count). The van der Waals surface area contributed by atoms with E-state index in [1.165, 1.54) is 0 Å². The third-order valence-corrected chi connectivity index (χ3v) is 3.63. The van der Waals surface area contributed by atoms with Gasteiger partial charge in [0.1, 0.15) is 5.60 Å². The van der Waals surface area contributed by atoms with Crippen molar-refractivity contribution in [2.24, 2.45) is 0 Å². The molecule has 5 heteroatoms. The predicted octanol–water partition coefficient (Wildman–Crippen LogP) is 3.69. The van der Waals surface area contributed by atoms with Gasteiger partial charge in [0, 0.05) is 24.9 Å². The van der Waals surface area contributed by atoms with Crippen LogP contribution in [-0.4, -0.2) is 30.4 Å². The van der Waals surface area contributed by atoms with Crippen LogP contribution in [0.5, 0.6) is 0 Å². The third-order valence-electron chi connectivity index (χ3n) is 3.63. The van der Waals surface area contributed by atoms with Gasteiger partial charge in [0.15, 0.2) is 0 Å². The first-order chi connectivity index (χ1) is 10.9. The van der Waals surface area contributed by atoms with Gasteiger partial charge in [-0.3, -0.25) is 0 Å². The predicted molar refractivity (Wildman–Crippen MR) is 91.6 cm³/mol. The number of carbonyl (C=O) groups is 1. The molecule has 1 amide bonds. The molecule has 0 heterocycles. The average molecular weight is 320 g/mol. The van der Waals surface area contributed by atoms with E-state index in [4.69, 9.17) is 9.47 Å². The van der Waals surface area contributed by atoms with Crippen molar-refractivity contribution in [2.75, 3.05) is 11.9 Å². The van der Waals surface area contributed by atoms with E-state index in [1.54, 1.807) is 0 Å². The Morgan fingerprint density at radius 3 is 2.70 bits per heavy atom. The molecule has 128 valence electrons. The summed E-state index contributed by atoms with van der Waals surface area (Å²) in [6.07, 6.45) is 2.10. The first-order valence-electron chi connectivity index (χ1n) is 8.29. The summed E-state index contributed by atoms with van der Waals surface area (Å²) in [6.45, 7) is 8.82. The highest BCUT2D eigenvalue weighted by Crippen LogP contribution is 2.27. The molecule has 2 N–H and O–H groups in total. The van der Waals surface area contributed by atoms with Crippen LogP contribution in [0.3, 0.4) is 0 Å². The van der Waals surface area contributed by atoms with Crippen molar-refractivity contribution in [1.82, 2.24) is 5.32 Å². The molecular weight excluding hydrogens is 292 g/mol. The number of benzene rings is 1. The number of hydrogen-bond acceptors (Lipinski definition) is 4. The minimum absolute atomic E-state index is 0.394. The van der Waals surface area contributed by atoms with E-state index in [-0.39, 0.29) is 0 Å². The summed E-state index contributed by atoms with van der Waals surface area (Å²) < 4.78 is 10.8. The van der Waals surface area contributed by atoms with E-state index in [0.717, 1.165) is 30.7 Å². The lowest BCUT2D eigenvalue weighted by atomic mass is 9.89. The van der Waals surface area contributed by atoms with Crippen LogP contribution in [-0.2, 0) is 16.0 Å². The SMILES string of the molecule is CCOC1CC(Nc2cccc(CNC(=O)OC(C)(C)C)c2)C1. The Morgan fingerprint density at radius 1 is 1.30 bits per heavy atom. The molecule has 0 aromatic heterocycles. The largest absolute Gasteiger partial charge is 0.444 e. The van der Waals surface area contributed by atoms with Crippen molar-refractivity contribution in [1.29, 1.82) is 0 Å². The van der Waals surface area contributed by atoms with Gasteiger partial charge in [-0.05, 0) is 58.2 Å². The van der Waals surface area contributed by atoms with Gasteiger partial charge in [0.2, 0.25) is 0 Å². The molecule has 0 unspecified atom stereocenters. The fourth-order valence-corrected chi connectivity index (χ4v) is 2.55. The van der Waals surface area contributed by atoms with Crippen LogP contribution >= 0.6 is 0 Å². The molecule has 0 spiro atoms. The molecule has 1 aromatic rings. The van der Waals surface area contributed by atoms with Gasteiger partial charge in [0.05, 0.1) is 6.10 Å². The number of ether oxygens (including phenoxy) is 2. The molecule has 1 fully saturated rings. The van der Waals surface area contributed by atoms with Crippen LogP contribution in [0, 0.1) is 0 Å². The number of hydrogen-bond donors (Lipinski definition) is 2. The fourth-order valence-electron chi connectivity index (χ4n) is 2.55. The van der Waals surface area contributed by atoms with Crippen LogP contribution in [0.15, 0.2) is 24.3 Å². The molecule has 1 aromatic carbocycles. The maximum Gasteiger partial charge on any atom is 0.407 e. The van der Waals surface area contributed by atoms with E-state index in [9.17, 15) is 4.79 Å². The smallest absolute Gasteiger partial charge is 0.407 e. The Bertz CT molecular complexity index is 519. The van der Waals surface area contributed by atoms with Crippen LogP contribution in [0.4, 0.5) is 10.5 Å². The minimum Gasteiger partial charge on any atom is -0.444 e. The maximum absolute atomic E-state index is 11.7. The molecule has 23 heavy (non-hydrogen) atoms. The topological polar surface area (TPSA) is 59.6 Å². The standard InChI is InChI=1S/C18H28N2O3/c1-5-22-16-10-15(11-16)20-14-8-6-7-13(9-14)12-19-17(21)23-18(2,3)4/h6-9,15-16,20H,5,10-12H2,1-4H3,(H,19,21). The highest BCUT2D eigenvalue weighted by Gasteiger charge is 2.29. The van der Waals surface area contributed by atoms with Crippen molar-refractivity contribution in [3.63, 3.8) is 0 Å². The molecular formula is C18H28N2O3. The van der Waals surface area contributed by atoms with Crippen molar-refractivity contribution < 1.29 is 14.3 Å². The summed E-state index contributed by atoms with van der Waals surface area (Å²) in [6, 6.07) is 8.57. The Kier molecular flexibility index (Phi) is 5.88. The van der Waals surface area contributed by atoms with Crippen molar-refractivity contribution >= 4 is 11.8 Å². The number of nitrogens with one attached hydrogen (secondary N) is 2. The molecule has 0 bridgehead atoms. The van der Waals surface area contributed by atoms with Gasteiger partial charge < -0.3 is 20.1 Å². The van der Waals surface area contributed by atoms with E-state index in [0.29, 0.717) is 18.7 Å². The van der Waals surface area contributed by atoms with Crippen LogP contribution < -0.4 is 10.6 Å². The van der Waals surface area contributed by atoms with Crippen molar-refractivity contribution in [3.8, 4) is 0 Å². The van der Waals surface area contributed by atoms with Crippen LogP contribution in [0.25, 0.3) is 0 Å². The Hall–Kier alpha value is -1.75. The van der Waals surface area contributed by atoms with Crippen LogP contribution in [0.2, 0.25) is 0 Å². The zero-order valence-electron chi connectivity index (χ0n) is 14.5. The Labute approximate surface area is 138 Å². The number of alkyl carbamates (subject to hydrolysis) is 1. The summed E-state index contributed by atoms with van der Waals surface area (Å²) in [5.74, 6) is 0. The second-order valence-corrected chi connectivity index (χ2v) is 6.95. The van der Waals surface area contributed by atoms with E-state index >= 15 is 0 Å². The first-order valence-corrected chi connectivity index (χ1v) is 8.29. The zero-order chi connectivity index (χ0) is 16.9. The summed E-state index contributed by atoms with van der Waals surface area (Å²) in [7, 11) is 0. The molecule has 0 saturated heterocycles. The van der Waals surface area contributed by atoms with E-state index < -0.39 is 11.7 Å².